The number of hydrogen-bond donors (Lipinski definition) is 1. The van der Waals surface area contributed by atoms with Gasteiger partial charge in [0.1, 0.15) is 6.04 Å². The Bertz CT molecular complexity index is 447. The molecule has 110 valence electrons. The second-order valence-corrected chi connectivity index (χ2v) is 6.77. The molecular formula is C11H21N3O4S. The highest BCUT2D eigenvalue weighted by atomic mass is 32.2. The second-order valence-electron chi connectivity index (χ2n) is 4.99. The molecule has 1 aliphatic heterocycles. The molecule has 0 saturated carbocycles. The van der Waals surface area contributed by atoms with Crippen molar-refractivity contribution in [2.75, 3.05) is 33.4 Å². The summed E-state index contributed by atoms with van der Waals surface area (Å²) in [4.78, 5) is 26.7. The smallest absolute Gasteiger partial charge is 0.241 e. The summed E-state index contributed by atoms with van der Waals surface area (Å²) in [7, 11) is -0.190. The normalized spacial score (nSPS) is 21.1. The monoisotopic (exact) mass is 291 g/mol. The number of likely N-dealkylation sites (N-methyl/N-ethyl adjacent to an activating group) is 1. The van der Waals surface area contributed by atoms with Crippen LogP contribution in [-0.2, 0) is 19.6 Å². The lowest BCUT2D eigenvalue weighted by Crippen LogP contribution is -2.49. The minimum absolute atomic E-state index is 0.00618. The molecule has 2 amide bonds. The Kier molecular flexibility index (Phi) is 5.30. The van der Waals surface area contributed by atoms with Crippen molar-refractivity contribution in [3.05, 3.63) is 0 Å². The van der Waals surface area contributed by atoms with Crippen LogP contribution in [0.5, 0.6) is 0 Å². The van der Waals surface area contributed by atoms with Gasteiger partial charge in [0.05, 0.1) is 12.8 Å². The summed E-state index contributed by atoms with van der Waals surface area (Å²) in [5, 5.41) is 0. The molecule has 1 N–H and O–H groups in total. The van der Waals surface area contributed by atoms with Crippen molar-refractivity contribution in [2.24, 2.45) is 0 Å². The second kappa shape index (κ2) is 6.33. The van der Waals surface area contributed by atoms with Crippen molar-refractivity contribution >= 4 is 21.8 Å². The summed E-state index contributed by atoms with van der Waals surface area (Å²) >= 11 is 0. The first-order valence-electron chi connectivity index (χ1n) is 6.17. The zero-order valence-corrected chi connectivity index (χ0v) is 12.4. The Morgan fingerprint density at radius 2 is 2.05 bits per heavy atom. The minimum Gasteiger partial charge on any atom is -0.347 e. The zero-order valence-electron chi connectivity index (χ0n) is 11.5. The number of amides is 2. The summed E-state index contributed by atoms with van der Waals surface area (Å²) in [6, 6.07) is -0.757. The third-order valence-electron chi connectivity index (χ3n) is 2.96. The molecule has 0 spiro atoms. The van der Waals surface area contributed by atoms with Crippen LogP contribution in [0, 0.1) is 0 Å². The van der Waals surface area contributed by atoms with Gasteiger partial charge in [0.25, 0.3) is 0 Å². The van der Waals surface area contributed by atoms with E-state index < -0.39 is 16.1 Å². The van der Waals surface area contributed by atoms with Gasteiger partial charge in [0, 0.05) is 20.6 Å². The van der Waals surface area contributed by atoms with E-state index in [2.05, 4.69) is 4.72 Å². The molecule has 0 aromatic rings. The molecular weight excluding hydrogens is 270 g/mol. The molecule has 1 fully saturated rings. The summed E-state index contributed by atoms with van der Waals surface area (Å²) in [5.41, 5.74) is 0. The van der Waals surface area contributed by atoms with E-state index in [1.54, 1.807) is 14.1 Å². The van der Waals surface area contributed by atoms with E-state index in [9.17, 15) is 18.0 Å². The van der Waals surface area contributed by atoms with Gasteiger partial charge in [-0.3, -0.25) is 9.59 Å². The van der Waals surface area contributed by atoms with Crippen LogP contribution in [0.15, 0.2) is 0 Å². The van der Waals surface area contributed by atoms with E-state index in [0.717, 1.165) is 19.1 Å². The lowest BCUT2D eigenvalue weighted by atomic mass is 10.1. The quantitative estimate of drug-likeness (QED) is 0.720. The first-order valence-corrected chi connectivity index (χ1v) is 8.06. The Morgan fingerprint density at radius 1 is 1.42 bits per heavy atom. The van der Waals surface area contributed by atoms with Crippen LogP contribution in [0.4, 0.5) is 0 Å². The maximum Gasteiger partial charge on any atom is 0.241 e. The number of carbonyl (C=O) groups excluding carboxylic acids is 2. The first kappa shape index (κ1) is 15.9. The van der Waals surface area contributed by atoms with Crippen LogP contribution in [0.3, 0.4) is 0 Å². The Hall–Kier alpha value is -1.15. The Morgan fingerprint density at radius 3 is 2.58 bits per heavy atom. The highest BCUT2D eigenvalue weighted by Gasteiger charge is 2.30. The molecule has 1 atom stereocenters. The predicted octanol–water partition coefficient (Wildman–Crippen LogP) is -0.995. The van der Waals surface area contributed by atoms with Crippen LogP contribution >= 0.6 is 0 Å². The fourth-order valence-corrected chi connectivity index (χ4v) is 2.67. The number of hydrogen-bond acceptors (Lipinski definition) is 4. The Balaban J connectivity index is 2.77. The third kappa shape index (κ3) is 5.15. The number of rotatable bonds is 4. The van der Waals surface area contributed by atoms with Crippen LogP contribution in [0.1, 0.15) is 19.3 Å². The van der Waals surface area contributed by atoms with Crippen LogP contribution < -0.4 is 4.72 Å². The molecule has 1 rings (SSSR count). The van der Waals surface area contributed by atoms with Gasteiger partial charge >= 0.3 is 0 Å². The van der Waals surface area contributed by atoms with E-state index in [0.29, 0.717) is 13.0 Å². The summed E-state index contributed by atoms with van der Waals surface area (Å²) in [5.74, 6) is -0.494. The molecule has 0 bridgehead atoms. The summed E-state index contributed by atoms with van der Waals surface area (Å²) in [6.07, 6.45) is 3.03. The minimum atomic E-state index is -3.43. The molecule has 0 aromatic heterocycles. The number of likely N-dealkylation sites (tertiary alicyclic amines) is 1. The van der Waals surface area contributed by atoms with Crippen molar-refractivity contribution in [1.29, 1.82) is 0 Å². The average Bonchev–Trinajstić information content (AvgIpc) is 2.42. The first-order chi connectivity index (χ1) is 8.70. The van der Waals surface area contributed by atoms with Gasteiger partial charge in [-0.05, 0) is 19.3 Å². The molecule has 8 heteroatoms. The van der Waals surface area contributed by atoms with E-state index >= 15 is 0 Å². The van der Waals surface area contributed by atoms with E-state index in [4.69, 9.17) is 0 Å². The van der Waals surface area contributed by atoms with Gasteiger partial charge in [0.15, 0.2) is 0 Å². The molecule has 19 heavy (non-hydrogen) atoms. The molecule has 7 nitrogen and oxygen atoms in total. The van der Waals surface area contributed by atoms with Crippen LogP contribution in [0.25, 0.3) is 0 Å². The van der Waals surface area contributed by atoms with E-state index in [1.165, 1.54) is 9.80 Å². The highest BCUT2D eigenvalue weighted by molar-refractivity contribution is 7.88. The van der Waals surface area contributed by atoms with Gasteiger partial charge in [-0.1, -0.05) is 0 Å². The molecule has 1 unspecified atom stereocenters. The number of carbonyl (C=O) groups is 2. The van der Waals surface area contributed by atoms with Crippen molar-refractivity contribution in [3.63, 3.8) is 0 Å². The maximum absolute atomic E-state index is 12.2. The fourth-order valence-electron chi connectivity index (χ4n) is 1.93. The van der Waals surface area contributed by atoms with E-state index in [1.807, 2.05) is 0 Å². The SMILES string of the molecule is CN(C)C(=O)CN1CCCCC(NS(C)(=O)=O)C1=O. The standard InChI is InChI=1S/C11H21N3O4S/c1-13(2)10(15)8-14-7-5-4-6-9(11(14)16)12-19(3,17)18/h9,12H,4-8H2,1-3H3. The molecule has 1 aliphatic rings. The van der Waals surface area contributed by atoms with Crippen LogP contribution in [0.2, 0.25) is 0 Å². The highest BCUT2D eigenvalue weighted by Crippen LogP contribution is 2.13. The van der Waals surface area contributed by atoms with Gasteiger partial charge in [-0.25, -0.2) is 13.1 Å². The molecule has 0 radical (unpaired) electrons. The molecule has 0 aliphatic carbocycles. The maximum atomic E-state index is 12.2. The van der Waals surface area contributed by atoms with Crippen molar-refractivity contribution in [2.45, 2.75) is 25.3 Å². The lowest BCUT2D eigenvalue weighted by molar-refractivity contribution is -0.139. The third-order valence-corrected chi connectivity index (χ3v) is 3.67. The van der Waals surface area contributed by atoms with Gasteiger partial charge in [-0.15, -0.1) is 0 Å². The number of sulfonamides is 1. The van der Waals surface area contributed by atoms with Crippen molar-refractivity contribution in [3.8, 4) is 0 Å². The fraction of sp³-hybridized carbons (Fsp3) is 0.818. The topological polar surface area (TPSA) is 86.8 Å². The van der Waals surface area contributed by atoms with Crippen molar-refractivity contribution in [1.82, 2.24) is 14.5 Å². The van der Waals surface area contributed by atoms with Gasteiger partial charge in [-0.2, -0.15) is 0 Å². The number of nitrogens with zero attached hydrogens (tertiary/aromatic N) is 2. The van der Waals surface area contributed by atoms with Gasteiger partial charge in [0.2, 0.25) is 21.8 Å². The lowest BCUT2D eigenvalue weighted by Gasteiger charge is -2.25. The summed E-state index contributed by atoms with van der Waals surface area (Å²) in [6.45, 7) is 0.480. The molecule has 0 aromatic carbocycles. The molecule has 1 saturated heterocycles. The largest absolute Gasteiger partial charge is 0.347 e. The summed E-state index contributed by atoms with van der Waals surface area (Å²) < 4.78 is 24.8. The number of nitrogens with one attached hydrogen (secondary N) is 1. The van der Waals surface area contributed by atoms with Crippen molar-refractivity contribution < 1.29 is 18.0 Å². The van der Waals surface area contributed by atoms with E-state index in [-0.39, 0.29) is 18.4 Å². The van der Waals surface area contributed by atoms with Gasteiger partial charge < -0.3 is 9.80 Å². The Labute approximate surface area is 114 Å². The van der Waals surface area contributed by atoms with Crippen LogP contribution in [-0.4, -0.2) is 69.5 Å². The predicted molar refractivity (Wildman–Crippen MR) is 70.9 cm³/mol. The average molecular weight is 291 g/mol. The zero-order chi connectivity index (χ0) is 14.6. The molecule has 1 heterocycles.